The van der Waals surface area contributed by atoms with E-state index in [9.17, 15) is 19.8 Å². The summed E-state index contributed by atoms with van der Waals surface area (Å²) in [5.74, 6) is -4.83. The fourth-order valence-electron chi connectivity index (χ4n) is 1.38. The van der Waals surface area contributed by atoms with Gasteiger partial charge in [-0.3, -0.25) is 9.59 Å². The average molecular weight is 257 g/mol. The van der Waals surface area contributed by atoms with E-state index in [4.69, 9.17) is 0 Å². The first-order valence-electron chi connectivity index (χ1n) is 3.78. The van der Waals surface area contributed by atoms with Gasteiger partial charge < -0.3 is 10.2 Å². The van der Waals surface area contributed by atoms with E-state index in [0.717, 1.165) is 0 Å². The van der Waals surface area contributed by atoms with Gasteiger partial charge in [0.1, 0.15) is 0 Å². The lowest BCUT2D eigenvalue weighted by Crippen LogP contribution is -2.40. The number of halogens is 1. The summed E-state index contributed by atoms with van der Waals surface area (Å²) >= 11 is 3.12. The summed E-state index contributed by atoms with van der Waals surface area (Å²) < 4.78 is 0.607. The molecule has 1 aromatic rings. The number of Topliss-reactive ketones (excluding diaryl/α,β-unsaturated/α-hetero) is 2. The van der Waals surface area contributed by atoms with Gasteiger partial charge in [-0.25, -0.2) is 0 Å². The highest BCUT2D eigenvalue weighted by Gasteiger charge is 2.50. The van der Waals surface area contributed by atoms with Crippen LogP contribution in [-0.2, 0) is 0 Å². The zero-order chi connectivity index (χ0) is 10.5. The molecule has 0 atom stereocenters. The first-order valence-corrected chi connectivity index (χ1v) is 4.58. The highest BCUT2D eigenvalue weighted by atomic mass is 79.9. The molecular weight excluding hydrogens is 252 g/mol. The SMILES string of the molecule is O=C1c2ccc(Br)cc2C(=O)C1(O)O. The lowest BCUT2D eigenvalue weighted by atomic mass is 10.1. The van der Waals surface area contributed by atoms with Gasteiger partial charge in [0.15, 0.2) is 0 Å². The van der Waals surface area contributed by atoms with E-state index in [1.807, 2.05) is 0 Å². The summed E-state index contributed by atoms with van der Waals surface area (Å²) in [6.45, 7) is 0. The molecule has 0 saturated heterocycles. The van der Waals surface area contributed by atoms with Gasteiger partial charge in [-0.15, -0.1) is 0 Å². The van der Waals surface area contributed by atoms with Crippen LogP contribution in [0.1, 0.15) is 20.7 Å². The quantitative estimate of drug-likeness (QED) is 0.524. The largest absolute Gasteiger partial charge is 0.353 e. The van der Waals surface area contributed by atoms with E-state index < -0.39 is 17.4 Å². The van der Waals surface area contributed by atoms with Crippen LogP contribution in [0.4, 0.5) is 0 Å². The number of carbonyl (C=O) groups is 2. The van der Waals surface area contributed by atoms with E-state index in [-0.39, 0.29) is 11.1 Å². The molecule has 1 aromatic carbocycles. The smallest absolute Gasteiger partial charge is 0.295 e. The summed E-state index contributed by atoms with van der Waals surface area (Å²) in [6, 6.07) is 4.34. The Morgan fingerprint density at radius 2 is 1.64 bits per heavy atom. The maximum atomic E-state index is 11.3. The Morgan fingerprint density at radius 1 is 1.07 bits per heavy atom. The van der Waals surface area contributed by atoms with Crippen LogP contribution in [-0.4, -0.2) is 27.6 Å². The van der Waals surface area contributed by atoms with Crippen LogP contribution < -0.4 is 0 Å². The van der Waals surface area contributed by atoms with Crippen molar-refractivity contribution < 1.29 is 19.8 Å². The number of rotatable bonds is 0. The number of hydrogen-bond donors (Lipinski definition) is 2. The van der Waals surface area contributed by atoms with Gasteiger partial charge in [-0.2, -0.15) is 0 Å². The molecule has 72 valence electrons. The van der Waals surface area contributed by atoms with Crippen LogP contribution in [0.25, 0.3) is 0 Å². The molecule has 4 nitrogen and oxygen atoms in total. The molecule has 5 heteroatoms. The molecule has 0 radical (unpaired) electrons. The van der Waals surface area contributed by atoms with Crippen LogP contribution in [0.2, 0.25) is 0 Å². The minimum atomic E-state index is -2.89. The van der Waals surface area contributed by atoms with Crippen LogP contribution in [0.3, 0.4) is 0 Å². The molecule has 2 N–H and O–H groups in total. The zero-order valence-electron chi connectivity index (χ0n) is 6.82. The molecule has 1 aliphatic rings. The molecule has 0 heterocycles. The molecule has 0 spiro atoms. The van der Waals surface area contributed by atoms with Crippen molar-refractivity contribution in [1.82, 2.24) is 0 Å². The minimum absolute atomic E-state index is 0.0365. The Hall–Kier alpha value is -1.04. The molecule has 0 amide bonds. The molecular formula is C9H5BrO4. The van der Waals surface area contributed by atoms with Crippen LogP contribution in [0.5, 0.6) is 0 Å². The summed E-state index contributed by atoms with van der Waals surface area (Å²) in [7, 11) is 0. The second kappa shape index (κ2) is 2.73. The van der Waals surface area contributed by atoms with Crippen molar-refractivity contribution >= 4 is 27.5 Å². The number of aliphatic hydroxyl groups is 2. The van der Waals surface area contributed by atoms with Gasteiger partial charge in [0.2, 0.25) is 11.6 Å². The van der Waals surface area contributed by atoms with E-state index in [1.165, 1.54) is 12.1 Å². The maximum Gasteiger partial charge on any atom is 0.295 e. The first-order chi connectivity index (χ1) is 6.44. The second-order valence-corrected chi connectivity index (χ2v) is 3.94. The van der Waals surface area contributed by atoms with Crippen LogP contribution >= 0.6 is 15.9 Å². The molecule has 0 fully saturated rings. The van der Waals surface area contributed by atoms with Crippen molar-refractivity contribution in [2.75, 3.05) is 0 Å². The highest BCUT2D eigenvalue weighted by Crippen LogP contribution is 2.30. The number of benzene rings is 1. The van der Waals surface area contributed by atoms with Crippen molar-refractivity contribution in [3.05, 3.63) is 33.8 Å². The van der Waals surface area contributed by atoms with Gasteiger partial charge in [0.25, 0.3) is 5.79 Å². The lowest BCUT2D eigenvalue weighted by Gasteiger charge is -2.08. The lowest BCUT2D eigenvalue weighted by molar-refractivity contribution is -0.0857. The van der Waals surface area contributed by atoms with Crippen LogP contribution in [0, 0.1) is 0 Å². The third-order valence-electron chi connectivity index (χ3n) is 2.10. The maximum absolute atomic E-state index is 11.3. The normalized spacial score (nSPS) is 18.5. The number of fused-ring (bicyclic) bond motifs is 1. The van der Waals surface area contributed by atoms with Crippen molar-refractivity contribution in [2.45, 2.75) is 5.79 Å². The fraction of sp³-hybridized carbons (Fsp3) is 0.111. The van der Waals surface area contributed by atoms with Gasteiger partial charge >= 0.3 is 0 Å². The molecule has 14 heavy (non-hydrogen) atoms. The molecule has 0 unspecified atom stereocenters. The van der Waals surface area contributed by atoms with Crippen LogP contribution in [0.15, 0.2) is 22.7 Å². The van der Waals surface area contributed by atoms with Crippen molar-refractivity contribution in [2.24, 2.45) is 0 Å². The Morgan fingerprint density at radius 3 is 2.29 bits per heavy atom. The summed E-state index contributed by atoms with van der Waals surface area (Å²) in [5.41, 5.74) is 0.0811. The Labute approximate surface area is 87.3 Å². The van der Waals surface area contributed by atoms with Crippen molar-refractivity contribution in [3.63, 3.8) is 0 Å². The van der Waals surface area contributed by atoms with Crippen molar-refractivity contribution in [1.29, 1.82) is 0 Å². The van der Waals surface area contributed by atoms with E-state index in [1.54, 1.807) is 6.07 Å². The van der Waals surface area contributed by atoms with E-state index >= 15 is 0 Å². The predicted molar refractivity (Wildman–Crippen MR) is 50.0 cm³/mol. The summed E-state index contributed by atoms with van der Waals surface area (Å²) in [4.78, 5) is 22.6. The monoisotopic (exact) mass is 256 g/mol. The Kier molecular flexibility index (Phi) is 1.85. The number of ketones is 2. The predicted octanol–water partition coefficient (Wildman–Crippen LogP) is 0.509. The molecule has 0 bridgehead atoms. The van der Waals surface area contributed by atoms with E-state index in [2.05, 4.69) is 15.9 Å². The number of carbonyl (C=O) groups excluding carboxylic acids is 2. The minimum Gasteiger partial charge on any atom is -0.353 e. The standard InChI is InChI=1S/C9H5BrO4/c10-4-1-2-5-6(3-4)8(12)9(13,14)7(5)11/h1-3,13-14H. The van der Waals surface area contributed by atoms with E-state index in [0.29, 0.717) is 4.47 Å². The Bertz CT molecular complexity index is 450. The second-order valence-electron chi connectivity index (χ2n) is 3.02. The Balaban J connectivity index is 2.71. The molecule has 1 aliphatic carbocycles. The topological polar surface area (TPSA) is 74.6 Å². The number of hydrogen-bond acceptors (Lipinski definition) is 4. The third kappa shape index (κ3) is 1.06. The molecule has 0 aliphatic heterocycles. The molecule has 2 rings (SSSR count). The average Bonchev–Trinajstić information content (AvgIpc) is 2.29. The summed E-state index contributed by atoms with van der Waals surface area (Å²) in [5, 5.41) is 18.4. The summed E-state index contributed by atoms with van der Waals surface area (Å²) in [6.07, 6.45) is 0. The highest BCUT2D eigenvalue weighted by molar-refractivity contribution is 9.10. The van der Waals surface area contributed by atoms with Crippen molar-refractivity contribution in [3.8, 4) is 0 Å². The van der Waals surface area contributed by atoms with Gasteiger partial charge in [-0.1, -0.05) is 15.9 Å². The van der Waals surface area contributed by atoms with Gasteiger partial charge in [0.05, 0.1) is 0 Å². The van der Waals surface area contributed by atoms with Gasteiger partial charge in [-0.05, 0) is 18.2 Å². The van der Waals surface area contributed by atoms with Gasteiger partial charge in [0, 0.05) is 15.6 Å². The fourth-order valence-corrected chi connectivity index (χ4v) is 1.74. The third-order valence-corrected chi connectivity index (χ3v) is 2.60. The first kappa shape index (κ1) is 9.51. The molecule has 0 saturated carbocycles. The molecule has 0 aromatic heterocycles. The zero-order valence-corrected chi connectivity index (χ0v) is 8.41.